The molecule has 0 saturated carbocycles. The van der Waals surface area contributed by atoms with Gasteiger partial charge in [-0.05, 0) is 22.8 Å². The van der Waals surface area contributed by atoms with Crippen molar-refractivity contribution in [1.82, 2.24) is 0 Å². The van der Waals surface area contributed by atoms with Crippen LogP contribution in [0.25, 0.3) is 27.1 Å². The fourth-order valence-corrected chi connectivity index (χ4v) is 4.21. The molecule has 0 saturated heterocycles. The number of benzene rings is 3. The lowest BCUT2D eigenvalue weighted by Crippen LogP contribution is -1.98. The molecule has 1 heterocycles. The Hall–Kier alpha value is -3.23. The number of thiophene rings is 1. The molecule has 2 heteroatoms. The number of rotatable bonds is 5. The number of hydrogen-bond donors (Lipinski definition) is 0. The lowest BCUT2D eigenvalue weighted by atomic mass is 9.99. The lowest BCUT2D eigenvalue weighted by molar-refractivity contribution is 0.106. The number of Topliss-reactive ketones (excluding diaryl/α,β-unsaturated/α-hetero) is 1. The molecule has 0 radical (unpaired) electrons. The van der Waals surface area contributed by atoms with E-state index >= 15 is 0 Å². The highest BCUT2D eigenvalue weighted by molar-refractivity contribution is 7.18. The summed E-state index contributed by atoms with van der Waals surface area (Å²) < 4.78 is 0. The summed E-state index contributed by atoms with van der Waals surface area (Å²) in [6.07, 6.45) is 0. The summed E-state index contributed by atoms with van der Waals surface area (Å²) in [6, 6.07) is 32.0. The molecule has 0 unspecified atom stereocenters. The Balaban J connectivity index is 1.80. The third-order valence-corrected chi connectivity index (χ3v) is 5.66. The average Bonchev–Trinajstić information content (AvgIpc) is 3.20. The van der Waals surface area contributed by atoms with Crippen LogP contribution in [0.5, 0.6) is 0 Å². The van der Waals surface area contributed by atoms with Gasteiger partial charge in [-0.25, -0.2) is 0 Å². The zero-order valence-electron chi connectivity index (χ0n) is 14.8. The van der Waals surface area contributed by atoms with E-state index in [0.29, 0.717) is 10.5 Å². The van der Waals surface area contributed by atoms with Crippen LogP contribution in [0.2, 0.25) is 0 Å². The van der Waals surface area contributed by atoms with Crippen LogP contribution in [0.3, 0.4) is 0 Å². The minimum atomic E-state index is -0.0226. The molecule has 0 spiro atoms. The van der Waals surface area contributed by atoms with Crippen LogP contribution in [-0.2, 0) is 0 Å². The third-order valence-electron chi connectivity index (χ3n) is 4.47. The zero-order valence-corrected chi connectivity index (χ0v) is 15.6. The van der Waals surface area contributed by atoms with Crippen LogP contribution < -0.4 is 0 Å². The molecule has 0 bridgehead atoms. The predicted molar refractivity (Wildman–Crippen MR) is 115 cm³/mol. The molecule has 0 aliphatic rings. The molecule has 27 heavy (non-hydrogen) atoms. The van der Waals surface area contributed by atoms with Gasteiger partial charge in [0.05, 0.1) is 4.88 Å². The maximum atomic E-state index is 13.1. The van der Waals surface area contributed by atoms with Crippen molar-refractivity contribution in [3.8, 4) is 21.6 Å². The number of carbonyl (C=O) groups is 1. The van der Waals surface area contributed by atoms with Gasteiger partial charge in [0.15, 0.2) is 0 Å². The molecule has 4 rings (SSSR count). The second-order valence-corrected chi connectivity index (χ2v) is 7.31. The van der Waals surface area contributed by atoms with Crippen molar-refractivity contribution in [3.05, 3.63) is 114 Å². The summed E-state index contributed by atoms with van der Waals surface area (Å²) in [4.78, 5) is 14.9. The van der Waals surface area contributed by atoms with Gasteiger partial charge >= 0.3 is 0 Å². The summed E-state index contributed by atoms with van der Waals surface area (Å²) in [7, 11) is 0. The first-order valence-corrected chi connectivity index (χ1v) is 9.59. The maximum Gasteiger partial charge on any atom is 0.202 e. The van der Waals surface area contributed by atoms with E-state index in [4.69, 9.17) is 0 Å². The summed E-state index contributed by atoms with van der Waals surface area (Å²) in [5.41, 5.74) is 4.69. The van der Waals surface area contributed by atoms with Gasteiger partial charge in [-0.15, -0.1) is 11.3 Å². The van der Waals surface area contributed by atoms with Crippen molar-refractivity contribution >= 4 is 22.7 Å². The van der Waals surface area contributed by atoms with E-state index in [9.17, 15) is 4.79 Å². The fourth-order valence-electron chi connectivity index (χ4n) is 3.06. The summed E-state index contributed by atoms with van der Waals surface area (Å²) >= 11 is 1.53. The molecule has 0 N–H and O–H groups in total. The highest BCUT2D eigenvalue weighted by Crippen LogP contribution is 2.40. The van der Waals surface area contributed by atoms with E-state index in [1.165, 1.54) is 11.3 Å². The van der Waals surface area contributed by atoms with Crippen molar-refractivity contribution in [2.24, 2.45) is 0 Å². The Morgan fingerprint density at radius 3 is 1.81 bits per heavy atom. The number of carbonyl (C=O) groups excluding carboxylic acids is 1. The lowest BCUT2D eigenvalue weighted by Gasteiger charge is -2.03. The molecule has 0 fully saturated rings. The summed E-state index contributed by atoms with van der Waals surface area (Å²) in [6.45, 7) is 4.04. The van der Waals surface area contributed by atoms with Crippen molar-refractivity contribution in [3.63, 3.8) is 0 Å². The van der Waals surface area contributed by atoms with Gasteiger partial charge in [0, 0.05) is 16.0 Å². The molecule has 1 nitrogen and oxygen atoms in total. The molecule has 1 aromatic heterocycles. The van der Waals surface area contributed by atoms with Gasteiger partial charge in [0.25, 0.3) is 0 Å². The Morgan fingerprint density at radius 2 is 1.22 bits per heavy atom. The number of ketones is 1. The summed E-state index contributed by atoms with van der Waals surface area (Å²) in [5.74, 6) is -0.0226. The van der Waals surface area contributed by atoms with Gasteiger partial charge in [-0.2, -0.15) is 0 Å². The molecule has 0 aliphatic carbocycles. The minimum absolute atomic E-state index is 0.0226. The molecule has 0 amide bonds. The second-order valence-electron chi connectivity index (χ2n) is 6.26. The quantitative estimate of drug-likeness (QED) is 0.275. The highest BCUT2D eigenvalue weighted by Gasteiger charge is 2.19. The fraction of sp³-hybridized carbons (Fsp3) is 0. The largest absolute Gasteiger partial charge is 0.288 e. The van der Waals surface area contributed by atoms with Crippen LogP contribution in [-0.4, -0.2) is 5.78 Å². The standard InChI is InChI=1S/C25H18OS/c1-18(19-11-5-2-6-12-19)24(26)23-17-22(20-13-7-3-8-14-20)25(27-23)21-15-9-4-10-16-21/h2-17H,1H2. The van der Waals surface area contributed by atoms with Crippen molar-refractivity contribution in [2.75, 3.05) is 0 Å². The van der Waals surface area contributed by atoms with Crippen molar-refractivity contribution < 1.29 is 4.79 Å². The minimum Gasteiger partial charge on any atom is -0.288 e. The second kappa shape index (κ2) is 7.56. The molecule has 0 atom stereocenters. The van der Waals surface area contributed by atoms with Crippen LogP contribution in [0.15, 0.2) is 104 Å². The monoisotopic (exact) mass is 366 g/mol. The Kier molecular flexibility index (Phi) is 4.82. The molecule has 4 aromatic rings. The van der Waals surface area contributed by atoms with Crippen molar-refractivity contribution in [1.29, 1.82) is 0 Å². The van der Waals surface area contributed by atoms with E-state index in [-0.39, 0.29) is 5.78 Å². The van der Waals surface area contributed by atoms with Gasteiger partial charge in [-0.1, -0.05) is 97.6 Å². The predicted octanol–water partition coefficient (Wildman–Crippen LogP) is 6.98. The Labute approximate surface area is 163 Å². The number of hydrogen-bond acceptors (Lipinski definition) is 2. The Morgan fingerprint density at radius 1 is 0.704 bits per heavy atom. The smallest absolute Gasteiger partial charge is 0.202 e. The van der Waals surface area contributed by atoms with Crippen molar-refractivity contribution in [2.45, 2.75) is 0 Å². The van der Waals surface area contributed by atoms with Crippen LogP contribution >= 0.6 is 11.3 Å². The highest BCUT2D eigenvalue weighted by atomic mass is 32.1. The SMILES string of the molecule is C=C(C(=O)c1cc(-c2ccccc2)c(-c2ccccc2)s1)c1ccccc1. The van der Waals surface area contributed by atoms with Gasteiger partial charge < -0.3 is 0 Å². The molecule has 3 aromatic carbocycles. The van der Waals surface area contributed by atoms with Gasteiger partial charge in [0.1, 0.15) is 0 Å². The topological polar surface area (TPSA) is 17.1 Å². The van der Waals surface area contributed by atoms with E-state index in [2.05, 4.69) is 30.8 Å². The first kappa shape index (κ1) is 17.2. The Bertz CT molecular complexity index is 1020. The molecular weight excluding hydrogens is 348 g/mol. The third kappa shape index (κ3) is 3.53. The van der Waals surface area contributed by atoms with E-state index < -0.39 is 0 Å². The number of allylic oxidation sites excluding steroid dienone is 1. The average molecular weight is 366 g/mol. The van der Waals surface area contributed by atoms with Crippen LogP contribution in [0.1, 0.15) is 15.2 Å². The van der Waals surface area contributed by atoms with E-state index in [1.807, 2.05) is 72.8 Å². The van der Waals surface area contributed by atoms with Gasteiger partial charge in [0.2, 0.25) is 5.78 Å². The molecule has 0 aliphatic heterocycles. The first-order chi connectivity index (χ1) is 13.2. The zero-order chi connectivity index (χ0) is 18.6. The van der Waals surface area contributed by atoms with Gasteiger partial charge in [-0.3, -0.25) is 4.79 Å². The molecule has 130 valence electrons. The molecular formula is C25H18OS. The maximum absolute atomic E-state index is 13.1. The van der Waals surface area contributed by atoms with Crippen LogP contribution in [0, 0.1) is 0 Å². The van der Waals surface area contributed by atoms with E-state index in [1.54, 1.807) is 0 Å². The normalized spacial score (nSPS) is 10.5. The van der Waals surface area contributed by atoms with Crippen LogP contribution in [0.4, 0.5) is 0 Å². The first-order valence-electron chi connectivity index (χ1n) is 8.78. The van der Waals surface area contributed by atoms with E-state index in [0.717, 1.165) is 27.1 Å². The summed E-state index contributed by atoms with van der Waals surface area (Å²) in [5, 5.41) is 0.